The van der Waals surface area contributed by atoms with E-state index in [1.54, 1.807) is 0 Å². The lowest BCUT2D eigenvalue weighted by Crippen LogP contribution is -2.41. The maximum Gasteiger partial charge on any atom is 0.0701 e. The van der Waals surface area contributed by atoms with Crippen LogP contribution in [0.4, 0.5) is 0 Å². The molecule has 2 aromatic rings. The Hall–Kier alpha value is -2.12. The first-order valence-electron chi connectivity index (χ1n) is 39.8. The van der Waals surface area contributed by atoms with Crippen LogP contribution in [0.2, 0.25) is 0 Å². The Bertz CT molecular complexity index is 1740. The van der Waals surface area contributed by atoms with Crippen LogP contribution in [0.3, 0.4) is 0 Å². The fraction of sp³-hybridized carbons (Fsp3) is 0.850. The molecule has 2 aromatic carbocycles. The average Bonchev–Trinajstić information content (AvgIpc) is 1.66. The van der Waals surface area contributed by atoms with E-state index in [9.17, 15) is 0 Å². The Morgan fingerprint density at radius 3 is 0.596 bits per heavy atom. The summed E-state index contributed by atoms with van der Waals surface area (Å²) in [5, 5.41) is 0. The molecule has 0 atom stereocenters. The summed E-state index contributed by atoms with van der Waals surface area (Å²) in [4.78, 5) is 15.5. The van der Waals surface area contributed by atoms with Gasteiger partial charge in [-0.1, -0.05) is 215 Å². The van der Waals surface area contributed by atoms with E-state index in [0.717, 1.165) is 117 Å². The molecule has 0 spiro atoms. The van der Waals surface area contributed by atoms with Crippen LogP contribution in [0.1, 0.15) is 217 Å². The second-order valence-corrected chi connectivity index (χ2v) is 28.4. The summed E-state index contributed by atoms with van der Waals surface area (Å²) in [6, 6.07) is 21.3. The van der Waals surface area contributed by atoms with Crippen molar-refractivity contribution in [1.29, 1.82) is 0 Å². The zero-order valence-corrected chi connectivity index (χ0v) is 60.5. The molecule has 0 radical (unpaired) electrons. The molecule has 0 aliphatic carbocycles. The van der Waals surface area contributed by atoms with E-state index < -0.39 is 0 Å². The third kappa shape index (κ3) is 43.4. The number of hydrogen-bond acceptors (Lipinski definition) is 14. The molecule has 14 nitrogen and oxygen atoms in total. The van der Waals surface area contributed by atoms with Gasteiger partial charge in [-0.15, -0.1) is 0 Å². The Labute approximate surface area is 577 Å². The van der Waals surface area contributed by atoms with Crippen LogP contribution in [0.5, 0.6) is 0 Å². The number of ether oxygens (including phenoxy) is 8. The van der Waals surface area contributed by atoms with Gasteiger partial charge in [0.1, 0.15) is 0 Å². The molecule has 4 fully saturated rings. The molecule has 14 heteroatoms. The van der Waals surface area contributed by atoms with E-state index in [1.807, 2.05) is 0 Å². The van der Waals surface area contributed by atoms with Gasteiger partial charge in [-0.25, -0.2) is 0 Å². The Morgan fingerprint density at radius 2 is 0.383 bits per heavy atom. The highest BCUT2D eigenvalue weighted by Gasteiger charge is 2.29. The van der Waals surface area contributed by atoms with Crippen LogP contribution in [0.25, 0.3) is 0 Å². The highest BCUT2D eigenvalue weighted by Crippen LogP contribution is 2.33. The first-order chi connectivity index (χ1) is 46.8. The largest absolute Gasteiger partial charge is 0.378 e. The van der Waals surface area contributed by atoms with Gasteiger partial charge in [-0.2, -0.15) is 0 Å². The molecular weight excluding hydrogens is 1170 g/mol. The van der Waals surface area contributed by atoms with Crippen LogP contribution in [0, 0.1) is 11.8 Å². The van der Waals surface area contributed by atoms with Crippen molar-refractivity contribution in [3.8, 4) is 0 Å². The zero-order valence-electron chi connectivity index (χ0n) is 60.5. The lowest BCUT2D eigenvalue weighted by molar-refractivity contribution is 0.00699. The number of nitrogens with zero attached hydrogens (tertiary/aromatic N) is 6. The van der Waals surface area contributed by atoms with Gasteiger partial charge in [0, 0.05) is 65.4 Å². The molecule has 0 amide bonds. The number of likely N-dealkylation sites (tertiary alicyclic amines) is 2. The summed E-state index contributed by atoms with van der Waals surface area (Å²) >= 11 is 0. The fourth-order valence-electron chi connectivity index (χ4n) is 14.6. The SMILES string of the molecule is c1ccc(CN2CCOCCOCCN(CCCCCCCCCCCCCCCCN3CCC(C4CCN(CCCCCCCCCCCCCCCCN5CCOCCOCCN(Cc6ccccc6)CCOCCOCC5)CC4)CC3)CCOCCOCC2)cc1. The van der Waals surface area contributed by atoms with Crippen molar-refractivity contribution in [2.45, 2.75) is 219 Å². The van der Waals surface area contributed by atoms with Crippen LogP contribution in [0.15, 0.2) is 60.7 Å². The van der Waals surface area contributed by atoms with E-state index in [4.69, 9.17) is 37.9 Å². The zero-order chi connectivity index (χ0) is 65.2. The summed E-state index contributed by atoms with van der Waals surface area (Å²) < 4.78 is 47.8. The van der Waals surface area contributed by atoms with Crippen molar-refractivity contribution in [3.63, 3.8) is 0 Å². The summed E-state index contributed by atoms with van der Waals surface area (Å²) in [7, 11) is 0. The minimum absolute atomic E-state index is 0.646. The smallest absolute Gasteiger partial charge is 0.0701 e. The predicted octanol–water partition coefficient (Wildman–Crippen LogP) is 15.1. The third-order valence-electron chi connectivity index (χ3n) is 20.7. The number of hydrogen-bond donors (Lipinski definition) is 0. The summed E-state index contributed by atoms with van der Waals surface area (Å²) in [6.45, 7) is 30.6. The second kappa shape index (κ2) is 58.7. The third-order valence-corrected chi connectivity index (χ3v) is 20.7. The van der Waals surface area contributed by atoms with E-state index in [2.05, 4.69) is 90.1 Å². The van der Waals surface area contributed by atoms with Gasteiger partial charge >= 0.3 is 0 Å². The van der Waals surface area contributed by atoms with Gasteiger partial charge in [0.2, 0.25) is 0 Å². The molecule has 0 N–H and O–H groups in total. The highest BCUT2D eigenvalue weighted by atomic mass is 16.5. The van der Waals surface area contributed by atoms with Crippen LogP contribution >= 0.6 is 0 Å². The molecule has 0 aromatic heterocycles. The Kier molecular flexibility index (Phi) is 50.4. The minimum Gasteiger partial charge on any atom is -0.378 e. The molecule has 0 saturated carbocycles. The van der Waals surface area contributed by atoms with Crippen molar-refractivity contribution in [2.24, 2.45) is 11.8 Å². The van der Waals surface area contributed by atoms with Crippen molar-refractivity contribution < 1.29 is 37.9 Å². The maximum absolute atomic E-state index is 6.00. The Balaban J connectivity index is 0.627. The molecular formula is C80H144N6O8. The van der Waals surface area contributed by atoms with Gasteiger partial charge in [0.05, 0.1) is 106 Å². The molecule has 4 aliphatic heterocycles. The molecule has 4 aliphatic rings. The topological polar surface area (TPSA) is 93.3 Å². The fourth-order valence-corrected chi connectivity index (χ4v) is 14.6. The quantitative estimate of drug-likeness (QED) is 0.0595. The van der Waals surface area contributed by atoms with E-state index in [0.29, 0.717) is 79.3 Å². The van der Waals surface area contributed by atoms with E-state index in [1.165, 1.54) is 256 Å². The summed E-state index contributed by atoms with van der Waals surface area (Å²) in [5.41, 5.74) is 2.64. The summed E-state index contributed by atoms with van der Waals surface area (Å²) in [6.07, 6.45) is 45.1. The second-order valence-electron chi connectivity index (χ2n) is 28.4. The van der Waals surface area contributed by atoms with Crippen molar-refractivity contribution in [3.05, 3.63) is 71.8 Å². The first-order valence-corrected chi connectivity index (χ1v) is 39.8. The lowest BCUT2D eigenvalue weighted by atomic mass is 9.78. The number of unbranched alkanes of at least 4 members (excludes halogenated alkanes) is 26. The molecule has 542 valence electrons. The normalized spacial score (nSPS) is 20.4. The maximum atomic E-state index is 6.00. The average molecular weight is 1320 g/mol. The van der Waals surface area contributed by atoms with Crippen molar-refractivity contribution in [1.82, 2.24) is 29.4 Å². The van der Waals surface area contributed by atoms with Crippen LogP contribution in [-0.2, 0) is 51.0 Å². The molecule has 4 saturated heterocycles. The standard InChI is InChI=1S/C80H144N6O8/c1(3-7-11-15-19-23-33-45-83-51-59-87-67-71-91-63-55-85(75-77-35-27-25-28-36-77)56-64-92-72-68-88-60-52-83)5-9-13-17-21-31-43-81-47-39-79(40-48-81)80-41-49-82(50-42-80)44-32-22-18-14-10-6-2-4-8-12-16-20-24-34-46-84-53-61-89-69-73-93-65-57-86(76-78-37-29-26-30-38-78)58-66-94-74-70-90-62-54-84/h25-30,35-38,79-80H,1-24,31-34,39-76H2. The van der Waals surface area contributed by atoms with Gasteiger partial charge in [0.15, 0.2) is 0 Å². The number of benzene rings is 2. The van der Waals surface area contributed by atoms with Gasteiger partial charge in [0.25, 0.3) is 0 Å². The van der Waals surface area contributed by atoms with E-state index in [-0.39, 0.29) is 0 Å². The summed E-state index contributed by atoms with van der Waals surface area (Å²) in [5.74, 6) is 1.99. The molecule has 0 bridgehead atoms. The highest BCUT2D eigenvalue weighted by molar-refractivity contribution is 5.15. The van der Waals surface area contributed by atoms with E-state index >= 15 is 0 Å². The van der Waals surface area contributed by atoms with Gasteiger partial charge < -0.3 is 47.7 Å². The molecule has 4 heterocycles. The first kappa shape index (κ1) is 80.9. The molecule has 6 rings (SSSR count). The minimum atomic E-state index is 0.646. The van der Waals surface area contributed by atoms with Gasteiger partial charge in [-0.3, -0.25) is 19.6 Å². The predicted molar refractivity (Wildman–Crippen MR) is 390 cm³/mol. The molecule has 0 unspecified atom stereocenters. The monoisotopic (exact) mass is 1320 g/mol. The number of piperidine rings is 2. The van der Waals surface area contributed by atoms with Gasteiger partial charge in [-0.05, 0) is 127 Å². The Morgan fingerprint density at radius 1 is 0.202 bits per heavy atom. The van der Waals surface area contributed by atoms with Crippen molar-refractivity contribution >= 4 is 0 Å². The number of rotatable bonds is 39. The molecule has 94 heavy (non-hydrogen) atoms. The van der Waals surface area contributed by atoms with Crippen LogP contribution < -0.4 is 0 Å². The van der Waals surface area contributed by atoms with Crippen molar-refractivity contribution in [2.75, 3.05) is 210 Å². The lowest BCUT2D eigenvalue weighted by Gasteiger charge is -2.40. The van der Waals surface area contributed by atoms with Crippen LogP contribution in [-0.4, -0.2) is 240 Å².